The van der Waals surface area contributed by atoms with E-state index in [-0.39, 0.29) is 49.7 Å². The number of amides is 3. The predicted molar refractivity (Wildman–Crippen MR) is 129 cm³/mol. The number of nitrogens with zero attached hydrogens (tertiary/aromatic N) is 2. The Hall–Kier alpha value is -3.71. The van der Waals surface area contributed by atoms with E-state index < -0.39 is 35.5 Å². The number of aryl methyl sites for hydroxylation is 2. The van der Waals surface area contributed by atoms with Crippen molar-refractivity contribution < 1.29 is 34.2 Å². The van der Waals surface area contributed by atoms with E-state index in [1.165, 1.54) is 10.1 Å². The van der Waals surface area contributed by atoms with Gasteiger partial charge in [-0.25, -0.2) is 9.89 Å². The summed E-state index contributed by atoms with van der Waals surface area (Å²) in [5, 5.41) is 32.0. The number of likely N-dealkylation sites (tertiary alicyclic amines) is 1. The van der Waals surface area contributed by atoms with Crippen molar-refractivity contribution in [2.24, 2.45) is 11.5 Å². The van der Waals surface area contributed by atoms with Crippen molar-refractivity contribution in [2.75, 3.05) is 13.1 Å². The maximum atomic E-state index is 13.2. The van der Waals surface area contributed by atoms with Gasteiger partial charge in [0.05, 0.1) is 13.1 Å². The first kappa shape index (κ1) is 23.7. The molecule has 4 aliphatic heterocycles. The number of nitrogens with one attached hydrogen (secondary N) is 4. The van der Waals surface area contributed by atoms with E-state index in [9.17, 15) is 24.6 Å². The van der Waals surface area contributed by atoms with Gasteiger partial charge in [-0.3, -0.25) is 41.1 Å². The molecule has 1 aromatic carbocycles. The largest absolute Gasteiger partial charge is 0.358 e. The van der Waals surface area contributed by atoms with Crippen molar-refractivity contribution >= 4 is 29.6 Å². The van der Waals surface area contributed by atoms with Gasteiger partial charge in [-0.2, -0.15) is 0 Å². The lowest BCUT2D eigenvalue weighted by Gasteiger charge is -2.41. The highest BCUT2D eigenvalue weighted by molar-refractivity contribution is 6.02. The Morgan fingerprint density at radius 3 is 2.57 bits per heavy atom. The molecule has 6 rings (SSSR count). The highest BCUT2D eigenvalue weighted by Crippen LogP contribution is 2.38. The van der Waals surface area contributed by atoms with Crippen LogP contribution in [-0.2, 0) is 22.4 Å². The number of guanidine groups is 2. The summed E-state index contributed by atoms with van der Waals surface area (Å²) in [6.07, 6.45) is 4.37. The van der Waals surface area contributed by atoms with E-state index in [1.54, 1.807) is 6.07 Å². The number of benzene rings is 1. The summed E-state index contributed by atoms with van der Waals surface area (Å²) >= 11 is 0. The number of carbonyl (C=O) groups excluding carboxylic acids is 3. The Kier molecular flexibility index (Phi) is 5.21. The van der Waals surface area contributed by atoms with E-state index >= 15 is 0 Å². The standard InChI is InChI=1S/C24H30N8O5/c25-21-29-19-15(10-31-17(33)7-8-18(31)34)27-22(26)32-11-16(24(36,37)23(19,32)30-21)28-20(35)14-6-5-12-3-1-2-4-13(12)9-14/h5-6,9,15-16,19,36-37H,1-4,7-8,10-11H2,(H6,25,26,27,28,29,30,35)/p+2/t15-,16?,19-,23-/m0/s1. The van der Waals surface area contributed by atoms with Crippen LogP contribution in [0, 0.1) is 0 Å². The third-order valence-corrected chi connectivity index (χ3v) is 8.40. The van der Waals surface area contributed by atoms with E-state index in [4.69, 9.17) is 11.5 Å². The Balaban J connectivity index is 1.30. The van der Waals surface area contributed by atoms with Crippen LogP contribution < -0.4 is 32.4 Å². The number of carbonyl (C=O) groups is 3. The average molecular weight is 513 g/mol. The normalized spacial score (nSPS) is 31.8. The van der Waals surface area contributed by atoms with Crippen molar-refractivity contribution in [3.63, 3.8) is 0 Å². The molecule has 2 fully saturated rings. The smallest absolute Gasteiger partial charge is 0.347 e. The third kappa shape index (κ3) is 3.40. The maximum absolute atomic E-state index is 13.2. The van der Waals surface area contributed by atoms with Crippen LogP contribution in [0.25, 0.3) is 0 Å². The number of hydrogen-bond donors (Lipinski definition) is 8. The Morgan fingerprint density at radius 1 is 1.14 bits per heavy atom. The summed E-state index contributed by atoms with van der Waals surface area (Å²) in [6.45, 7) is -0.0713. The quantitative estimate of drug-likeness (QED) is 0.110. The van der Waals surface area contributed by atoms with E-state index in [0.29, 0.717) is 5.56 Å². The molecule has 5 aliphatic rings. The predicted octanol–water partition coefficient (Wildman–Crippen LogP) is -5.13. The van der Waals surface area contributed by atoms with Gasteiger partial charge < -0.3 is 15.5 Å². The molecule has 1 aromatic rings. The molecule has 2 saturated heterocycles. The van der Waals surface area contributed by atoms with E-state index in [2.05, 4.69) is 20.9 Å². The minimum absolute atomic E-state index is 0.0325. The summed E-state index contributed by atoms with van der Waals surface area (Å²) in [4.78, 5) is 41.9. The van der Waals surface area contributed by atoms with Crippen molar-refractivity contribution in [1.82, 2.24) is 20.9 Å². The first-order valence-electron chi connectivity index (χ1n) is 12.7. The van der Waals surface area contributed by atoms with E-state index in [0.717, 1.165) is 36.1 Å². The number of imide groups is 1. The van der Waals surface area contributed by atoms with Gasteiger partial charge in [0.25, 0.3) is 17.4 Å². The Labute approximate surface area is 212 Å². The molecule has 0 saturated carbocycles. The molecule has 196 valence electrons. The molecule has 13 heteroatoms. The van der Waals surface area contributed by atoms with Crippen LogP contribution in [0.4, 0.5) is 0 Å². The summed E-state index contributed by atoms with van der Waals surface area (Å²) in [6, 6.07) is 2.93. The second-order valence-corrected chi connectivity index (χ2v) is 10.5. The lowest BCUT2D eigenvalue weighted by atomic mass is 9.85. The highest BCUT2D eigenvalue weighted by atomic mass is 16.5. The molecule has 0 aromatic heterocycles. The molecule has 4 heterocycles. The van der Waals surface area contributed by atoms with Crippen LogP contribution in [0.15, 0.2) is 18.2 Å². The van der Waals surface area contributed by atoms with Crippen molar-refractivity contribution in [3.05, 3.63) is 34.9 Å². The molecule has 0 bridgehead atoms. The van der Waals surface area contributed by atoms with Crippen molar-refractivity contribution in [2.45, 2.75) is 68.1 Å². The van der Waals surface area contributed by atoms with Crippen LogP contribution in [-0.4, -0.2) is 92.0 Å². The van der Waals surface area contributed by atoms with Crippen LogP contribution >= 0.6 is 0 Å². The van der Waals surface area contributed by atoms with Gasteiger partial charge in [-0.1, -0.05) is 6.07 Å². The SMILES string of the molecule is NC1=[NH+][C@H]2[C@H](CN3C(=O)CCC3=O)NC(N)=[N+]3CC(NC(=O)c4ccc5c(c4)CCCC5)C(O)(O)[C@]23N1. The molecule has 1 spiro atoms. The monoisotopic (exact) mass is 512 g/mol. The molecule has 3 amide bonds. The zero-order valence-electron chi connectivity index (χ0n) is 20.3. The minimum atomic E-state index is -2.54. The van der Waals surface area contributed by atoms with Gasteiger partial charge in [0, 0.05) is 18.4 Å². The van der Waals surface area contributed by atoms with E-state index in [1.807, 2.05) is 12.1 Å². The Bertz CT molecular complexity index is 1260. The van der Waals surface area contributed by atoms with Crippen molar-refractivity contribution in [1.29, 1.82) is 0 Å². The van der Waals surface area contributed by atoms with Crippen LogP contribution in [0.3, 0.4) is 0 Å². The second kappa shape index (κ2) is 8.15. The average Bonchev–Trinajstić information content (AvgIpc) is 3.46. The summed E-state index contributed by atoms with van der Waals surface area (Å²) in [5.41, 5.74) is 13.6. The molecule has 13 nitrogen and oxygen atoms in total. The molecule has 37 heavy (non-hydrogen) atoms. The van der Waals surface area contributed by atoms with Crippen LogP contribution in [0.5, 0.6) is 0 Å². The topological polar surface area (TPSA) is 200 Å². The molecule has 1 unspecified atom stereocenters. The van der Waals surface area contributed by atoms with Gasteiger partial charge in [-0.05, 0) is 48.9 Å². The second-order valence-electron chi connectivity index (χ2n) is 10.5. The first-order valence-corrected chi connectivity index (χ1v) is 12.7. The molecule has 1 aliphatic carbocycles. The van der Waals surface area contributed by atoms with Gasteiger partial charge in [0.15, 0.2) is 6.04 Å². The zero-order chi connectivity index (χ0) is 26.1. The number of nitrogens with two attached hydrogens (primary N) is 2. The van der Waals surface area contributed by atoms with Gasteiger partial charge in [0.1, 0.15) is 12.1 Å². The Morgan fingerprint density at radius 2 is 1.84 bits per heavy atom. The van der Waals surface area contributed by atoms with Gasteiger partial charge >= 0.3 is 11.9 Å². The van der Waals surface area contributed by atoms with Gasteiger partial charge in [0.2, 0.25) is 11.8 Å². The molecule has 10 N–H and O–H groups in total. The number of rotatable bonds is 4. The molecular weight excluding hydrogens is 480 g/mol. The zero-order valence-corrected chi connectivity index (χ0v) is 20.3. The van der Waals surface area contributed by atoms with Crippen molar-refractivity contribution in [3.8, 4) is 0 Å². The van der Waals surface area contributed by atoms with Crippen LogP contribution in [0.2, 0.25) is 0 Å². The van der Waals surface area contributed by atoms with Crippen LogP contribution in [0.1, 0.15) is 47.2 Å². The lowest BCUT2D eigenvalue weighted by Crippen LogP contribution is -2.92. The fourth-order valence-electron chi connectivity index (χ4n) is 6.53. The number of fused-ring (bicyclic) bond motifs is 1. The summed E-state index contributed by atoms with van der Waals surface area (Å²) in [7, 11) is 0. The highest BCUT2D eigenvalue weighted by Gasteiger charge is 2.78. The number of hydrogen-bond acceptors (Lipinski definition) is 9. The molecule has 4 atom stereocenters. The summed E-state index contributed by atoms with van der Waals surface area (Å²) in [5.74, 6) is -3.40. The maximum Gasteiger partial charge on any atom is 0.347 e. The first-order chi connectivity index (χ1) is 17.6. The number of aliphatic hydroxyl groups is 2. The third-order valence-electron chi connectivity index (χ3n) is 8.40. The summed E-state index contributed by atoms with van der Waals surface area (Å²) < 4.78 is 1.52. The lowest BCUT2D eigenvalue weighted by molar-refractivity contribution is -0.674. The molecule has 0 radical (unpaired) electrons. The fourth-order valence-corrected chi connectivity index (χ4v) is 6.53. The molecular formula is C24H32N8O5+2. The fraction of sp³-hybridized carbons (Fsp3) is 0.542. The minimum Gasteiger partial charge on any atom is -0.358 e. The van der Waals surface area contributed by atoms with Gasteiger partial charge in [-0.15, -0.1) is 0 Å².